The van der Waals surface area contributed by atoms with Gasteiger partial charge in [0.1, 0.15) is 5.75 Å². The third kappa shape index (κ3) is 4.15. The number of thioether (sulfide) groups is 1. The number of likely N-dealkylation sites (N-methyl/N-ethyl adjacent to an activating group) is 1. The number of aromatic hydroxyl groups is 1. The van der Waals surface area contributed by atoms with Crippen LogP contribution in [0.2, 0.25) is 5.02 Å². The minimum absolute atomic E-state index is 0.0218. The second-order valence-corrected chi connectivity index (χ2v) is 7.03. The molecular weight excluding hydrogens is 388 g/mol. The number of phenolic OH excluding ortho intramolecular Hbond substituents is 1. The highest BCUT2D eigenvalue weighted by molar-refractivity contribution is 8.18. The Kier molecular flexibility index (Phi) is 5.53. The lowest BCUT2D eigenvalue weighted by molar-refractivity contribution is -0.122. The number of phenols is 1. The van der Waals surface area contributed by atoms with E-state index >= 15 is 0 Å². The molecular formula is C19H15ClN2O4S. The molecule has 1 heterocycles. The highest BCUT2D eigenvalue weighted by atomic mass is 35.5. The molecule has 3 rings (SSSR count). The third-order valence-corrected chi connectivity index (χ3v) is 5.12. The number of carbonyl (C=O) groups is 2. The number of carboxylic acids is 1. The number of benzene rings is 2. The summed E-state index contributed by atoms with van der Waals surface area (Å²) in [5, 5.41) is 19.2. The summed E-state index contributed by atoms with van der Waals surface area (Å²) in [6.45, 7) is 2.30. The number of carbonyl (C=O) groups excluding carboxylic acids is 1. The number of nitrogens with zero attached hydrogens (tertiary/aromatic N) is 2. The summed E-state index contributed by atoms with van der Waals surface area (Å²) in [4.78, 5) is 30.1. The van der Waals surface area contributed by atoms with Crippen molar-refractivity contribution in [1.29, 1.82) is 0 Å². The van der Waals surface area contributed by atoms with Crippen LogP contribution in [-0.2, 0) is 4.79 Å². The van der Waals surface area contributed by atoms with Crippen LogP contribution in [0.1, 0.15) is 22.8 Å². The van der Waals surface area contributed by atoms with E-state index in [0.29, 0.717) is 27.9 Å². The first-order valence-corrected chi connectivity index (χ1v) is 9.20. The lowest BCUT2D eigenvalue weighted by atomic mass is 10.2. The monoisotopic (exact) mass is 402 g/mol. The molecule has 0 aliphatic carbocycles. The fourth-order valence-corrected chi connectivity index (χ4v) is 3.67. The molecule has 1 fully saturated rings. The van der Waals surface area contributed by atoms with Gasteiger partial charge in [-0.05, 0) is 66.7 Å². The molecule has 0 spiro atoms. The van der Waals surface area contributed by atoms with Crippen molar-refractivity contribution in [3.8, 4) is 5.75 Å². The molecule has 1 saturated heterocycles. The van der Waals surface area contributed by atoms with E-state index < -0.39 is 5.97 Å². The molecule has 0 atom stereocenters. The maximum Gasteiger partial charge on any atom is 0.335 e. The maximum atomic E-state index is 12.6. The highest BCUT2D eigenvalue weighted by Gasteiger charge is 2.32. The third-order valence-electron chi connectivity index (χ3n) is 3.81. The lowest BCUT2D eigenvalue weighted by Gasteiger charge is -2.12. The van der Waals surface area contributed by atoms with Gasteiger partial charge in [0.25, 0.3) is 5.91 Å². The number of amidine groups is 1. The van der Waals surface area contributed by atoms with Crippen molar-refractivity contribution in [2.45, 2.75) is 6.92 Å². The second kappa shape index (κ2) is 7.85. The zero-order chi connectivity index (χ0) is 19.6. The zero-order valence-corrected chi connectivity index (χ0v) is 15.8. The lowest BCUT2D eigenvalue weighted by Crippen LogP contribution is -2.28. The van der Waals surface area contributed by atoms with Gasteiger partial charge in [0.05, 0.1) is 21.2 Å². The Morgan fingerprint density at radius 3 is 2.56 bits per heavy atom. The topological polar surface area (TPSA) is 90.2 Å². The van der Waals surface area contributed by atoms with Gasteiger partial charge in [-0.2, -0.15) is 0 Å². The van der Waals surface area contributed by atoms with Crippen LogP contribution in [0, 0.1) is 0 Å². The average molecular weight is 403 g/mol. The van der Waals surface area contributed by atoms with Gasteiger partial charge in [0, 0.05) is 6.54 Å². The average Bonchev–Trinajstić information content (AvgIpc) is 2.93. The molecule has 2 aromatic rings. The summed E-state index contributed by atoms with van der Waals surface area (Å²) >= 11 is 7.14. The van der Waals surface area contributed by atoms with Crippen LogP contribution in [-0.4, -0.2) is 38.7 Å². The Balaban J connectivity index is 1.90. The number of amides is 1. The van der Waals surface area contributed by atoms with Crippen molar-refractivity contribution >= 4 is 52.2 Å². The van der Waals surface area contributed by atoms with Crippen LogP contribution in [0.4, 0.5) is 5.69 Å². The summed E-state index contributed by atoms with van der Waals surface area (Å²) in [5.74, 6) is -1.20. The van der Waals surface area contributed by atoms with Crippen molar-refractivity contribution < 1.29 is 19.8 Å². The van der Waals surface area contributed by atoms with Gasteiger partial charge in [-0.1, -0.05) is 17.7 Å². The molecule has 138 valence electrons. The van der Waals surface area contributed by atoms with Crippen molar-refractivity contribution in [3.05, 3.63) is 63.5 Å². The predicted octanol–water partition coefficient (Wildman–Crippen LogP) is 4.37. The van der Waals surface area contributed by atoms with Crippen molar-refractivity contribution in [2.24, 2.45) is 4.99 Å². The first-order valence-electron chi connectivity index (χ1n) is 8.01. The van der Waals surface area contributed by atoms with Crippen LogP contribution >= 0.6 is 23.4 Å². The van der Waals surface area contributed by atoms with Crippen molar-refractivity contribution in [1.82, 2.24) is 4.90 Å². The molecule has 6 nitrogen and oxygen atoms in total. The quantitative estimate of drug-likeness (QED) is 0.741. The summed E-state index contributed by atoms with van der Waals surface area (Å²) in [6.07, 6.45) is 1.69. The first kappa shape index (κ1) is 19.0. The van der Waals surface area contributed by atoms with E-state index in [4.69, 9.17) is 16.7 Å². The molecule has 0 aromatic heterocycles. The number of halogens is 1. The second-order valence-electron chi connectivity index (χ2n) is 5.62. The van der Waals surface area contributed by atoms with E-state index in [1.807, 2.05) is 6.92 Å². The summed E-state index contributed by atoms with van der Waals surface area (Å²) in [7, 11) is 0. The normalized spacial score (nSPS) is 17.1. The van der Waals surface area contributed by atoms with E-state index in [9.17, 15) is 14.7 Å². The molecule has 1 amide bonds. The molecule has 0 unspecified atom stereocenters. The van der Waals surface area contributed by atoms with Gasteiger partial charge in [-0.15, -0.1) is 0 Å². The number of aromatic carboxylic acids is 1. The predicted molar refractivity (Wildman–Crippen MR) is 107 cm³/mol. The van der Waals surface area contributed by atoms with Crippen LogP contribution in [0.5, 0.6) is 5.75 Å². The fraction of sp³-hybridized carbons (Fsp3) is 0.105. The van der Waals surface area contributed by atoms with Crippen LogP contribution in [0.15, 0.2) is 52.4 Å². The minimum Gasteiger partial charge on any atom is -0.506 e. The van der Waals surface area contributed by atoms with Gasteiger partial charge in [0.2, 0.25) is 0 Å². The summed E-state index contributed by atoms with van der Waals surface area (Å²) in [5.41, 5.74) is 1.42. The van der Waals surface area contributed by atoms with Gasteiger partial charge in [-0.25, -0.2) is 9.79 Å². The van der Waals surface area contributed by atoms with E-state index in [-0.39, 0.29) is 22.2 Å². The molecule has 1 aliphatic rings. The molecule has 1 aliphatic heterocycles. The molecule has 2 N–H and O–H groups in total. The number of hydrogen-bond acceptors (Lipinski definition) is 5. The summed E-state index contributed by atoms with van der Waals surface area (Å²) in [6, 6.07) is 10.8. The van der Waals surface area contributed by atoms with Gasteiger partial charge in [-0.3, -0.25) is 9.69 Å². The Labute approximate surface area is 164 Å². The number of carboxylic acid groups (broad SMARTS) is 1. The van der Waals surface area contributed by atoms with Crippen LogP contribution in [0.3, 0.4) is 0 Å². The van der Waals surface area contributed by atoms with Gasteiger partial charge in [0.15, 0.2) is 5.17 Å². The van der Waals surface area contributed by atoms with Gasteiger partial charge < -0.3 is 10.2 Å². The molecule has 8 heteroatoms. The largest absolute Gasteiger partial charge is 0.506 e. The molecule has 0 bridgehead atoms. The SMILES string of the molecule is CCN1C(=O)C(=Cc2ccc(O)c(Cl)c2)SC1=Nc1ccc(C(=O)O)cc1. The highest BCUT2D eigenvalue weighted by Crippen LogP contribution is 2.35. The number of aliphatic imine (C=N–C) groups is 1. The van der Waals surface area contributed by atoms with E-state index in [1.165, 1.54) is 30.0 Å². The number of hydrogen-bond donors (Lipinski definition) is 2. The van der Waals surface area contributed by atoms with Crippen LogP contribution in [0.25, 0.3) is 6.08 Å². The molecule has 27 heavy (non-hydrogen) atoms. The number of rotatable bonds is 4. The van der Waals surface area contributed by atoms with E-state index in [0.717, 1.165) is 0 Å². The van der Waals surface area contributed by atoms with Crippen molar-refractivity contribution in [3.63, 3.8) is 0 Å². The van der Waals surface area contributed by atoms with Crippen LogP contribution < -0.4 is 0 Å². The Morgan fingerprint density at radius 2 is 1.96 bits per heavy atom. The molecule has 2 aromatic carbocycles. The van der Waals surface area contributed by atoms with E-state index in [2.05, 4.69) is 4.99 Å². The smallest absolute Gasteiger partial charge is 0.335 e. The van der Waals surface area contributed by atoms with Crippen molar-refractivity contribution in [2.75, 3.05) is 6.54 Å². The minimum atomic E-state index is -1.01. The maximum absolute atomic E-state index is 12.6. The summed E-state index contributed by atoms with van der Waals surface area (Å²) < 4.78 is 0. The van der Waals surface area contributed by atoms with Gasteiger partial charge >= 0.3 is 5.97 Å². The standard InChI is InChI=1S/C19H15ClN2O4S/c1-2-22-17(24)16(10-11-3-8-15(23)14(20)9-11)27-19(22)21-13-6-4-12(5-7-13)18(25)26/h3-10,23H,2H2,1H3,(H,25,26). The first-order chi connectivity index (χ1) is 12.9. The molecule has 0 saturated carbocycles. The Morgan fingerprint density at radius 1 is 1.26 bits per heavy atom. The Hall–Kier alpha value is -2.77. The fourth-order valence-electron chi connectivity index (χ4n) is 2.42. The Bertz CT molecular complexity index is 970. The van der Waals surface area contributed by atoms with E-state index in [1.54, 1.807) is 35.2 Å². The zero-order valence-electron chi connectivity index (χ0n) is 14.2. The molecule has 0 radical (unpaired) electrons.